The Bertz CT molecular complexity index is 954. The average Bonchev–Trinajstić information content (AvgIpc) is 3.09. The Morgan fingerprint density at radius 3 is 2.63 bits per heavy atom. The number of hydrogen-bond acceptors (Lipinski definition) is 6. The predicted molar refractivity (Wildman–Crippen MR) is 103 cm³/mol. The zero-order chi connectivity index (χ0) is 19.2. The maximum Gasteiger partial charge on any atom is 0.248 e. The van der Waals surface area contributed by atoms with Gasteiger partial charge < -0.3 is 11.1 Å². The first-order chi connectivity index (χ1) is 13.0. The van der Waals surface area contributed by atoms with Gasteiger partial charge in [0.15, 0.2) is 0 Å². The molecule has 0 radical (unpaired) electrons. The van der Waals surface area contributed by atoms with E-state index < -0.39 is 5.91 Å². The number of carbonyl (C=O) groups excluding carboxylic acids is 2. The number of tetrazole rings is 1. The lowest BCUT2D eigenvalue weighted by Crippen LogP contribution is -2.21. The molecule has 0 saturated heterocycles. The maximum atomic E-state index is 12.3. The first kappa shape index (κ1) is 18.6. The van der Waals surface area contributed by atoms with Gasteiger partial charge >= 0.3 is 0 Å². The number of benzene rings is 2. The van der Waals surface area contributed by atoms with Crippen LogP contribution < -0.4 is 11.1 Å². The van der Waals surface area contributed by atoms with Crippen molar-refractivity contribution in [2.45, 2.75) is 18.4 Å². The van der Waals surface area contributed by atoms with E-state index >= 15 is 0 Å². The summed E-state index contributed by atoms with van der Waals surface area (Å²) in [7, 11) is 0. The van der Waals surface area contributed by atoms with E-state index in [1.807, 2.05) is 43.3 Å². The fourth-order valence-corrected chi connectivity index (χ4v) is 3.04. The lowest BCUT2D eigenvalue weighted by Gasteiger charge is -2.09. The van der Waals surface area contributed by atoms with Crippen LogP contribution in [0.2, 0.25) is 0 Å². The van der Waals surface area contributed by atoms with E-state index in [0.29, 0.717) is 11.5 Å². The van der Waals surface area contributed by atoms with Gasteiger partial charge in [-0.2, -0.15) is 4.80 Å². The smallest absolute Gasteiger partial charge is 0.248 e. The van der Waals surface area contributed by atoms with Crippen molar-refractivity contribution < 1.29 is 9.59 Å². The maximum absolute atomic E-state index is 12.3. The van der Waals surface area contributed by atoms with Gasteiger partial charge in [-0.05, 0) is 24.3 Å². The molecule has 2 amide bonds. The molecule has 3 N–H and O–H groups in total. The number of carbonyl (C=O) groups is 2. The number of hydrogen-bond donors (Lipinski definition) is 2. The fraction of sp³-hybridized carbons (Fsp3) is 0.167. The number of anilines is 1. The van der Waals surface area contributed by atoms with Gasteiger partial charge in [0, 0.05) is 10.5 Å². The molecule has 0 unspecified atom stereocenters. The van der Waals surface area contributed by atoms with Crippen LogP contribution in [0.3, 0.4) is 0 Å². The lowest BCUT2D eigenvalue weighted by atomic mass is 10.1. The topological polar surface area (TPSA) is 116 Å². The third-order valence-electron chi connectivity index (χ3n) is 3.58. The number of primary amides is 1. The Morgan fingerprint density at radius 2 is 1.89 bits per heavy atom. The molecular weight excluding hydrogens is 364 g/mol. The standard InChI is InChI=1S/C18H18N6O2S/c1-12-6-8-13(9-7-12)18-21-23-24(22-18)10-17(26)20-14-4-2-3-5-15(14)27-11-16(19)25/h2-9H,10-11H2,1H3,(H2,19,25)(H,20,26). The molecule has 0 aliphatic heterocycles. The summed E-state index contributed by atoms with van der Waals surface area (Å²) in [6, 6.07) is 14.9. The first-order valence-corrected chi connectivity index (χ1v) is 9.14. The molecule has 0 aliphatic carbocycles. The Kier molecular flexibility index (Phi) is 5.82. The van der Waals surface area contributed by atoms with Gasteiger partial charge in [0.2, 0.25) is 17.6 Å². The summed E-state index contributed by atoms with van der Waals surface area (Å²) in [5.74, 6) is -0.121. The average molecular weight is 382 g/mol. The zero-order valence-electron chi connectivity index (χ0n) is 14.6. The Morgan fingerprint density at radius 1 is 1.15 bits per heavy atom. The van der Waals surface area contributed by atoms with Crippen LogP contribution in [0.25, 0.3) is 11.4 Å². The molecule has 3 aromatic rings. The van der Waals surface area contributed by atoms with E-state index in [2.05, 4.69) is 20.7 Å². The molecular formula is C18H18N6O2S. The van der Waals surface area contributed by atoms with Crippen molar-refractivity contribution in [2.75, 3.05) is 11.1 Å². The van der Waals surface area contributed by atoms with Crippen molar-refractivity contribution in [1.82, 2.24) is 20.2 Å². The molecule has 8 nitrogen and oxygen atoms in total. The van der Waals surface area contributed by atoms with Crippen LogP contribution in [-0.2, 0) is 16.1 Å². The molecule has 0 fully saturated rings. The van der Waals surface area contributed by atoms with Crippen LogP contribution in [0.4, 0.5) is 5.69 Å². The van der Waals surface area contributed by atoms with Gasteiger partial charge in [-0.25, -0.2) is 0 Å². The molecule has 2 aromatic carbocycles. The second kappa shape index (κ2) is 8.45. The van der Waals surface area contributed by atoms with Crippen LogP contribution in [-0.4, -0.2) is 37.8 Å². The third kappa shape index (κ3) is 5.14. The number of thioether (sulfide) groups is 1. The van der Waals surface area contributed by atoms with Gasteiger partial charge in [-0.15, -0.1) is 22.0 Å². The monoisotopic (exact) mass is 382 g/mol. The molecule has 0 saturated carbocycles. The summed E-state index contributed by atoms with van der Waals surface area (Å²) in [6.07, 6.45) is 0. The molecule has 1 heterocycles. The molecule has 0 aliphatic rings. The highest BCUT2D eigenvalue weighted by Crippen LogP contribution is 2.26. The number of rotatable bonds is 7. The Labute approximate surface area is 160 Å². The number of nitrogens with one attached hydrogen (secondary N) is 1. The highest BCUT2D eigenvalue weighted by Gasteiger charge is 2.12. The predicted octanol–water partition coefficient (Wildman–Crippen LogP) is 1.86. The minimum absolute atomic E-state index is 0.0757. The number of aromatic nitrogens is 4. The second-order valence-corrected chi connectivity index (χ2v) is 6.83. The Hall–Kier alpha value is -3.20. The second-order valence-electron chi connectivity index (χ2n) is 5.81. The molecule has 0 atom stereocenters. The van der Waals surface area contributed by atoms with E-state index in [-0.39, 0.29) is 18.2 Å². The molecule has 0 spiro atoms. The number of amides is 2. The van der Waals surface area contributed by atoms with Gasteiger partial charge in [0.1, 0.15) is 6.54 Å². The van der Waals surface area contributed by atoms with Crippen molar-refractivity contribution in [3.05, 3.63) is 54.1 Å². The third-order valence-corrected chi connectivity index (χ3v) is 4.67. The summed E-state index contributed by atoms with van der Waals surface area (Å²) in [6.45, 7) is 1.92. The van der Waals surface area contributed by atoms with E-state index in [1.165, 1.54) is 16.6 Å². The van der Waals surface area contributed by atoms with Gasteiger partial charge in [0.25, 0.3) is 0 Å². The lowest BCUT2D eigenvalue weighted by molar-refractivity contribution is -0.117. The van der Waals surface area contributed by atoms with Crippen LogP contribution in [0.1, 0.15) is 5.56 Å². The van der Waals surface area contributed by atoms with Crippen LogP contribution in [0.5, 0.6) is 0 Å². The fourth-order valence-electron chi connectivity index (χ4n) is 2.29. The number of nitrogens with zero attached hydrogens (tertiary/aromatic N) is 4. The Balaban J connectivity index is 1.65. The SMILES string of the molecule is Cc1ccc(-c2nnn(CC(=O)Nc3ccccc3SCC(N)=O)n2)cc1. The minimum Gasteiger partial charge on any atom is -0.369 e. The van der Waals surface area contributed by atoms with E-state index in [0.717, 1.165) is 16.0 Å². The van der Waals surface area contributed by atoms with E-state index in [9.17, 15) is 9.59 Å². The van der Waals surface area contributed by atoms with Crippen molar-refractivity contribution in [2.24, 2.45) is 5.73 Å². The van der Waals surface area contributed by atoms with E-state index in [4.69, 9.17) is 5.73 Å². The highest BCUT2D eigenvalue weighted by molar-refractivity contribution is 8.00. The molecule has 138 valence electrons. The van der Waals surface area contributed by atoms with Crippen molar-refractivity contribution >= 4 is 29.3 Å². The summed E-state index contributed by atoms with van der Waals surface area (Å²) in [5, 5.41) is 15.0. The molecule has 0 bridgehead atoms. The van der Waals surface area contributed by atoms with Crippen molar-refractivity contribution in [3.63, 3.8) is 0 Å². The van der Waals surface area contributed by atoms with Crippen LogP contribution in [0, 0.1) is 6.92 Å². The molecule has 9 heteroatoms. The molecule has 27 heavy (non-hydrogen) atoms. The van der Waals surface area contributed by atoms with Crippen LogP contribution >= 0.6 is 11.8 Å². The minimum atomic E-state index is -0.420. The van der Waals surface area contributed by atoms with Crippen LogP contribution in [0.15, 0.2) is 53.4 Å². The summed E-state index contributed by atoms with van der Waals surface area (Å²) in [4.78, 5) is 25.3. The summed E-state index contributed by atoms with van der Waals surface area (Å²) < 4.78 is 0. The van der Waals surface area contributed by atoms with Gasteiger partial charge in [-0.3, -0.25) is 9.59 Å². The summed E-state index contributed by atoms with van der Waals surface area (Å²) >= 11 is 1.27. The zero-order valence-corrected chi connectivity index (χ0v) is 15.4. The first-order valence-electron chi connectivity index (χ1n) is 8.16. The van der Waals surface area contributed by atoms with E-state index in [1.54, 1.807) is 12.1 Å². The normalized spacial score (nSPS) is 10.6. The summed E-state index contributed by atoms with van der Waals surface area (Å²) in [5.41, 5.74) is 7.75. The number of nitrogens with two attached hydrogens (primary N) is 1. The van der Waals surface area contributed by atoms with Crippen molar-refractivity contribution in [1.29, 1.82) is 0 Å². The van der Waals surface area contributed by atoms with Gasteiger partial charge in [0.05, 0.1) is 11.4 Å². The largest absolute Gasteiger partial charge is 0.369 e. The van der Waals surface area contributed by atoms with Crippen molar-refractivity contribution in [3.8, 4) is 11.4 Å². The highest BCUT2D eigenvalue weighted by atomic mass is 32.2. The van der Waals surface area contributed by atoms with Gasteiger partial charge in [-0.1, -0.05) is 42.0 Å². The number of aryl methyl sites for hydroxylation is 1. The molecule has 1 aromatic heterocycles. The quantitative estimate of drug-likeness (QED) is 0.603. The molecule has 3 rings (SSSR count). The number of para-hydroxylation sites is 1.